The van der Waals surface area contributed by atoms with Gasteiger partial charge in [-0.3, -0.25) is 4.79 Å². The Bertz CT molecular complexity index is 808. The number of amides is 1. The number of likely N-dealkylation sites (N-methyl/N-ethyl adjacent to an activating group) is 1. The fourth-order valence-corrected chi connectivity index (χ4v) is 3.94. The van der Waals surface area contributed by atoms with Crippen LogP contribution in [0.25, 0.3) is 0 Å². The van der Waals surface area contributed by atoms with Gasteiger partial charge in [0.15, 0.2) is 0 Å². The molecule has 26 heavy (non-hydrogen) atoms. The average molecular weight is 417 g/mol. The van der Waals surface area contributed by atoms with Gasteiger partial charge in [0.1, 0.15) is 0 Å². The summed E-state index contributed by atoms with van der Waals surface area (Å²) in [5.41, 5.74) is 4.00. The molecule has 1 saturated heterocycles. The van der Waals surface area contributed by atoms with Crippen molar-refractivity contribution in [1.29, 1.82) is 0 Å². The molecule has 4 nitrogen and oxygen atoms in total. The molecule has 0 spiro atoms. The van der Waals surface area contributed by atoms with E-state index in [9.17, 15) is 4.79 Å². The lowest BCUT2D eigenvalue weighted by Crippen LogP contribution is -2.42. The van der Waals surface area contributed by atoms with Crippen LogP contribution in [-0.4, -0.2) is 50.2 Å². The summed E-state index contributed by atoms with van der Waals surface area (Å²) < 4.78 is 6.76. The van der Waals surface area contributed by atoms with E-state index in [0.717, 1.165) is 26.9 Å². The molecule has 2 aromatic carbocycles. The van der Waals surface area contributed by atoms with E-state index in [1.807, 2.05) is 49.1 Å². The van der Waals surface area contributed by atoms with Gasteiger partial charge in [0, 0.05) is 43.0 Å². The number of methoxy groups -OCH3 is 1. The van der Waals surface area contributed by atoms with Crippen LogP contribution in [0.5, 0.6) is 0 Å². The zero-order valence-corrected chi connectivity index (χ0v) is 17.3. The monoisotopic (exact) mass is 416 g/mol. The van der Waals surface area contributed by atoms with Gasteiger partial charge in [0.05, 0.1) is 12.1 Å². The molecule has 1 amide bonds. The lowest BCUT2D eigenvalue weighted by atomic mass is 10.0. The van der Waals surface area contributed by atoms with E-state index in [0.29, 0.717) is 13.1 Å². The zero-order valence-electron chi connectivity index (χ0n) is 15.7. The average Bonchev–Trinajstić information content (AvgIpc) is 3.07. The van der Waals surface area contributed by atoms with Gasteiger partial charge in [0.25, 0.3) is 5.91 Å². The predicted molar refractivity (Wildman–Crippen MR) is 109 cm³/mol. The van der Waals surface area contributed by atoms with Gasteiger partial charge < -0.3 is 14.5 Å². The van der Waals surface area contributed by atoms with Crippen molar-refractivity contribution >= 4 is 27.5 Å². The Morgan fingerprint density at radius 3 is 2.65 bits per heavy atom. The first-order chi connectivity index (χ1) is 12.4. The minimum Gasteiger partial charge on any atom is -0.377 e. The molecule has 3 rings (SSSR count). The van der Waals surface area contributed by atoms with E-state index < -0.39 is 0 Å². The predicted octanol–water partition coefficient (Wildman–Crippen LogP) is 4.04. The zero-order chi connectivity index (χ0) is 18.8. The van der Waals surface area contributed by atoms with Crippen LogP contribution < -0.4 is 4.90 Å². The Morgan fingerprint density at radius 2 is 1.96 bits per heavy atom. The van der Waals surface area contributed by atoms with E-state index >= 15 is 0 Å². The molecule has 0 bridgehead atoms. The largest absolute Gasteiger partial charge is 0.377 e. The number of carbonyl (C=O) groups is 1. The van der Waals surface area contributed by atoms with Gasteiger partial charge in [-0.1, -0.05) is 39.7 Å². The molecular weight excluding hydrogens is 392 g/mol. The van der Waals surface area contributed by atoms with Crippen LogP contribution in [0.15, 0.2) is 46.9 Å². The molecular formula is C21H25BrN2O2. The van der Waals surface area contributed by atoms with E-state index in [1.54, 1.807) is 7.11 Å². The molecule has 0 unspecified atom stereocenters. The Balaban J connectivity index is 1.82. The van der Waals surface area contributed by atoms with Gasteiger partial charge in [-0.2, -0.15) is 0 Å². The lowest BCUT2D eigenvalue weighted by Gasteiger charge is -2.30. The Morgan fingerprint density at radius 1 is 1.19 bits per heavy atom. The third-order valence-corrected chi connectivity index (χ3v) is 5.66. The summed E-state index contributed by atoms with van der Waals surface area (Å²) in [4.78, 5) is 17.2. The highest BCUT2D eigenvalue weighted by atomic mass is 79.9. The van der Waals surface area contributed by atoms with E-state index in [1.165, 1.54) is 0 Å². The summed E-state index contributed by atoms with van der Waals surface area (Å²) in [6.07, 6.45) is -0.0203. The number of carbonyl (C=O) groups excluding carboxylic acids is 1. The molecule has 2 aromatic rings. The summed E-state index contributed by atoms with van der Waals surface area (Å²) >= 11 is 3.53. The SMILES string of the molecule is CO[C@@H]1CN(C(=O)c2cc(C)ccc2C)C[C@H]1N(C)c1cccc(Br)c1. The molecule has 2 atom stereocenters. The van der Waals surface area contributed by atoms with Crippen molar-refractivity contribution in [3.05, 3.63) is 63.6 Å². The van der Waals surface area contributed by atoms with Crippen molar-refractivity contribution in [2.45, 2.75) is 26.0 Å². The number of ether oxygens (including phenoxy) is 1. The van der Waals surface area contributed by atoms with Crippen molar-refractivity contribution in [3.8, 4) is 0 Å². The number of anilines is 1. The quantitative estimate of drug-likeness (QED) is 0.753. The second kappa shape index (κ2) is 7.80. The maximum absolute atomic E-state index is 13.1. The second-order valence-corrected chi connectivity index (χ2v) is 7.88. The number of rotatable bonds is 4. The third-order valence-electron chi connectivity index (χ3n) is 5.16. The van der Waals surface area contributed by atoms with E-state index in [4.69, 9.17) is 4.74 Å². The van der Waals surface area contributed by atoms with E-state index in [-0.39, 0.29) is 18.1 Å². The highest BCUT2D eigenvalue weighted by Gasteiger charge is 2.38. The number of nitrogens with zero attached hydrogens (tertiary/aromatic N) is 2. The van der Waals surface area contributed by atoms with Crippen LogP contribution in [0, 0.1) is 13.8 Å². The Labute approximate surface area is 163 Å². The number of hydrogen-bond acceptors (Lipinski definition) is 3. The van der Waals surface area contributed by atoms with Crippen LogP contribution in [0.3, 0.4) is 0 Å². The van der Waals surface area contributed by atoms with Crippen LogP contribution in [0.2, 0.25) is 0 Å². The van der Waals surface area contributed by atoms with E-state index in [2.05, 4.69) is 40.0 Å². The highest BCUT2D eigenvalue weighted by molar-refractivity contribution is 9.10. The fourth-order valence-electron chi connectivity index (χ4n) is 3.55. The molecule has 0 N–H and O–H groups in total. The molecule has 1 aliphatic rings. The van der Waals surface area contributed by atoms with Crippen LogP contribution in [0.4, 0.5) is 5.69 Å². The van der Waals surface area contributed by atoms with Crippen molar-refractivity contribution in [2.75, 3.05) is 32.1 Å². The number of aryl methyl sites for hydroxylation is 2. The minimum absolute atomic E-state index is 0.0203. The number of benzene rings is 2. The molecule has 0 saturated carbocycles. The first-order valence-electron chi connectivity index (χ1n) is 8.78. The number of hydrogen-bond donors (Lipinski definition) is 0. The molecule has 1 fully saturated rings. The van der Waals surface area contributed by atoms with Crippen molar-refractivity contribution < 1.29 is 9.53 Å². The maximum atomic E-state index is 13.1. The normalized spacial score (nSPS) is 19.7. The van der Waals surface area contributed by atoms with Crippen molar-refractivity contribution in [1.82, 2.24) is 4.90 Å². The molecule has 138 valence electrons. The Hall–Kier alpha value is -1.85. The first kappa shape index (κ1) is 18.9. The molecule has 0 aromatic heterocycles. The van der Waals surface area contributed by atoms with Gasteiger partial charge >= 0.3 is 0 Å². The van der Waals surface area contributed by atoms with Gasteiger partial charge in [0.2, 0.25) is 0 Å². The molecule has 0 aliphatic carbocycles. The van der Waals surface area contributed by atoms with Crippen LogP contribution in [0.1, 0.15) is 21.5 Å². The lowest BCUT2D eigenvalue weighted by molar-refractivity contribution is 0.0715. The third kappa shape index (κ3) is 3.79. The van der Waals surface area contributed by atoms with Gasteiger partial charge in [-0.15, -0.1) is 0 Å². The summed E-state index contributed by atoms with van der Waals surface area (Å²) in [6, 6.07) is 14.3. The van der Waals surface area contributed by atoms with Crippen molar-refractivity contribution in [2.24, 2.45) is 0 Å². The summed E-state index contributed by atoms with van der Waals surface area (Å²) in [7, 11) is 3.78. The topological polar surface area (TPSA) is 32.8 Å². The summed E-state index contributed by atoms with van der Waals surface area (Å²) in [6.45, 7) is 5.25. The highest BCUT2D eigenvalue weighted by Crippen LogP contribution is 2.27. The maximum Gasteiger partial charge on any atom is 0.254 e. The van der Waals surface area contributed by atoms with Crippen LogP contribution in [-0.2, 0) is 4.74 Å². The van der Waals surface area contributed by atoms with Gasteiger partial charge in [-0.25, -0.2) is 0 Å². The number of halogens is 1. The summed E-state index contributed by atoms with van der Waals surface area (Å²) in [5, 5.41) is 0. The first-order valence-corrected chi connectivity index (χ1v) is 9.57. The smallest absolute Gasteiger partial charge is 0.254 e. The Kier molecular flexibility index (Phi) is 5.68. The minimum atomic E-state index is -0.0203. The molecule has 1 aliphatic heterocycles. The molecule has 0 radical (unpaired) electrons. The van der Waals surface area contributed by atoms with Crippen molar-refractivity contribution in [3.63, 3.8) is 0 Å². The summed E-state index contributed by atoms with van der Waals surface area (Å²) in [5.74, 6) is 0.0818. The standard InChI is InChI=1S/C21H25BrN2O2/c1-14-8-9-15(2)18(10-14)21(25)24-12-19(20(13-24)26-4)23(3)17-7-5-6-16(22)11-17/h5-11,19-20H,12-13H2,1-4H3/t19-,20-/m1/s1. The second-order valence-electron chi connectivity index (χ2n) is 6.96. The molecule has 5 heteroatoms. The fraction of sp³-hybridized carbons (Fsp3) is 0.381. The van der Waals surface area contributed by atoms with Gasteiger partial charge in [-0.05, 0) is 43.7 Å². The van der Waals surface area contributed by atoms with Crippen LogP contribution >= 0.6 is 15.9 Å². The number of likely N-dealkylation sites (tertiary alicyclic amines) is 1. The molecule has 1 heterocycles.